The first-order valence-electron chi connectivity index (χ1n) is 5.41. The lowest BCUT2D eigenvalue weighted by Crippen LogP contribution is -2.30. The van der Waals surface area contributed by atoms with Crippen LogP contribution < -0.4 is 11.3 Å². The van der Waals surface area contributed by atoms with Crippen LogP contribution in [0.25, 0.3) is 0 Å². The van der Waals surface area contributed by atoms with Gasteiger partial charge in [0.05, 0.1) is 11.7 Å². The summed E-state index contributed by atoms with van der Waals surface area (Å²) >= 11 is 5.95. The van der Waals surface area contributed by atoms with Crippen molar-refractivity contribution in [2.24, 2.45) is 5.84 Å². The van der Waals surface area contributed by atoms with E-state index in [0.29, 0.717) is 0 Å². The van der Waals surface area contributed by atoms with Crippen molar-refractivity contribution >= 4 is 11.6 Å². The monoisotopic (exact) mass is 247 g/mol. The van der Waals surface area contributed by atoms with E-state index in [1.165, 1.54) is 0 Å². The number of pyridine rings is 1. The Hall–Kier alpha value is -1.42. The third-order valence-electron chi connectivity index (χ3n) is 2.57. The first-order chi connectivity index (χ1) is 8.29. The molecular weight excluding hydrogens is 234 g/mol. The summed E-state index contributed by atoms with van der Waals surface area (Å²) in [5.41, 5.74) is 4.84. The second-order valence-corrected chi connectivity index (χ2v) is 4.24. The van der Waals surface area contributed by atoms with Crippen LogP contribution in [-0.2, 0) is 6.42 Å². The van der Waals surface area contributed by atoms with Crippen LogP contribution in [-0.4, -0.2) is 4.98 Å². The van der Waals surface area contributed by atoms with Crippen molar-refractivity contribution in [3.8, 4) is 0 Å². The van der Waals surface area contributed by atoms with Crippen LogP contribution in [0.3, 0.4) is 0 Å². The van der Waals surface area contributed by atoms with Crippen molar-refractivity contribution in [2.45, 2.75) is 12.5 Å². The number of hydrogen-bond donors (Lipinski definition) is 2. The van der Waals surface area contributed by atoms with Crippen LogP contribution in [0.5, 0.6) is 0 Å². The molecule has 1 aromatic carbocycles. The Balaban J connectivity index is 2.16. The van der Waals surface area contributed by atoms with Gasteiger partial charge in [-0.1, -0.05) is 29.8 Å². The molecule has 0 saturated carbocycles. The minimum atomic E-state index is -0.00494. The molecule has 1 unspecified atom stereocenters. The van der Waals surface area contributed by atoms with Crippen LogP contribution in [0.2, 0.25) is 5.02 Å². The van der Waals surface area contributed by atoms with Crippen LogP contribution in [0, 0.1) is 0 Å². The SMILES string of the molecule is NNC(Cc1cccc(Cl)c1)c1ccccn1. The Morgan fingerprint density at radius 2 is 2.12 bits per heavy atom. The predicted octanol–water partition coefficient (Wildman–Crippen LogP) is 2.48. The van der Waals surface area contributed by atoms with Gasteiger partial charge in [-0.15, -0.1) is 0 Å². The average Bonchev–Trinajstić information content (AvgIpc) is 2.37. The Morgan fingerprint density at radius 1 is 1.24 bits per heavy atom. The maximum absolute atomic E-state index is 5.95. The number of rotatable bonds is 4. The summed E-state index contributed by atoms with van der Waals surface area (Å²) in [6.07, 6.45) is 2.52. The third kappa shape index (κ3) is 3.27. The van der Waals surface area contributed by atoms with E-state index in [1.807, 2.05) is 42.5 Å². The topological polar surface area (TPSA) is 50.9 Å². The van der Waals surface area contributed by atoms with Gasteiger partial charge < -0.3 is 0 Å². The molecule has 0 fully saturated rings. The summed E-state index contributed by atoms with van der Waals surface area (Å²) < 4.78 is 0. The number of benzene rings is 1. The second kappa shape index (κ2) is 5.77. The van der Waals surface area contributed by atoms with Gasteiger partial charge in [0.1, 0.15) is 0 Å². The molecule has 0 amide bonds. The lowest BCUT2D eigenvalue weighted by molar-refractivity contribution is 0.538. The molecule has 0 aliphatic rings. The van der Waals surface area contributed by atoms with E-state index >= 15 is 0 Å². The van der Waals surface area contributed by atoms with E-state index in [2.05, 4.69) is 10.4 Å². The lowest BCUT2D eigenvalue weighted by Gasteiger charge is -2.15. The van der Waals surface area contributed by atoms with Gasteiger partial charge in [-0.25, -0.2) is 0 Å². The van der Waals surface area contributed by atoms with Crippen molar-refractivity contribution in [3.05, 3.63) is 64.9 Å². The largest absolute Gasteiger partial charge is 0.271 e. The van der Waals surface area contributed by atoms with Gasteiger partial charge in [-0.3, -0.25) is 16.3 Å². The Bertz CT molecular complexity index is 473. The van der Waals surface area contributed by atoms with Crippen LogP contribution in [0.1, 0.15) is 17.3 Å². The number of nitrogens with zero attached hydrogens (tertiary/aromatic N) is 1. The smallest absolute Gasteiger partial charge is 0.0672 e. The first-order valence-corrected chi connectivity index (χ1v) is 5.79. The summed E-state index contributed by atoms with van der Waals surface area (Å²) in [4.78, 5) is 4.29. The molecule has 0 aliphatic heterocycles. The first kappa shape index (κ1) is 12.0. The normalized spacial score (nSPS) is 12.4. The van der Waals surface area contributed by atoms with Crippen molar-refractivity contribution in [2.75, 3.05) is 0 Å². The number of hydrazine groups is 1. The zero-order valence-electron chi connectivity index (χ0n) is 9.31. The van der Waals surface area contributed by atoms with Crippen molar-refractivity contribution in [1.82, 2.24) is 10.4 Å². The summed E-state index contributed by atoms with van der Waals surface area (Å²) in [6, 6.07) is 13.5. The highest BCUT2D eigenvalue weighted by Crippen LogP contribution is 2.18. The lowest BCUT2D eigenvalue weighted by atomic mass is 10.0. The summed E-state index contributed by atoms with van der Waals surface area (Å²) in [7, 11) is 0. The molecule has 4 heteroatoms. The Labute approximate surface area is 106 Å². The molecule has 3 N–H and O–H groups in total. The number of hydrogen-bond acceptors (Lipinski definition) is 3. The van der Waals surface area contributed by atoms with Crippen LogP contribution >= 0.6 is 11.6 Å². The molecule has 0 saturated heterocycles. The van der Waals surface area contributed by atoms with Gasteiger partial charge in [0, 0.05) is 11.2 Å². The van der Waals surface area contributed by atoms with E-state index in [0.717, 1.165) is 22.7 Å². The van der Waals surface area contributed by atoms with E-state index in [1.54, 1.807) is 6.20 Å². The number of nitrogens with two attached hydrogens (primary N) is 1. The maximum Gasteiger partial charge on any atom is 0.0672 e. The van der Waals surface area contributed by atoms with Gasteiger partial charge in [-0.2, -0.15) is 0 Å². The molecule has 2 rings (SSSR count). The van der Waals surface area contributed by atoms with Gasteiger partial charge in [0.25, 0.3) is 0 Å². The van der Waals surface area contributed by atoms with E-state index in [-0.39, 0.29) is 6.04 Å². The van der Waals surface area contributed by atoms with Gasteiger partial charge >= 0.3 is 0 Å². The molecule has 0 spiro atoms. The minimum Gasteiger partial charge on any atom is -0.271 e. The Kier molecular flexibility index (Phi) is 4.09. The molecule has 1 heterocycles. The summed E-state index contributed by atoms with van der Waals surface area (Å²) in [6.45, 7) is 0. The molecule has 0 bridgehead atoms. The highest BCUT2D eigenvalue weighted by Gasteiger charge is 2.11. The number of nitrogens with one attached hydrogen (secondary N) is 1. The molecule has 1 atom stereocenters. The average molecular weight is 248 g/mol. The standard InChI is InChI=1S/C13H14ClN3/c14-11-5-3-4-10(8-11)9-13(17-15)12-6-1-2-7-16-12/h1-8,13,17H,9,15H2. The molecule has 3 nitrogen and oxygen atoms in total. The maximum atomic E-state index is 5.95. The van der Waals surface area contributed by atoms with Crippen molar-refractivity contribution < 1.29 is 0 Å². The zero-order valence-corrected chi connectivity index (χ0v) is 10.1. The molecule has 0 radical (unpaired) electrons. The molecule has 17 heavy (non-hydrogen) atoms. The molecular formula is C13H14ClN3. The zero-order chi connectivity index (χ0) is 12.1. The van der Waals surface area contributed by atoms with Crippen molar-refractivity contribution in [1.29, 1.82) is 0 Å². The van der Waals surface area contributed by atoms with E-state index in [9.17, 15) is 0 Å². The number of halogens is 1. The highest BCUT2D eigenvalue weighted by molar-refractivity contribution is 6.30. The predicted molar refractivity (Wildman–Crippen MR) is 69.5 cm³/mol. The highest BCUT2D eigenvalue weighted by atomic mass is 35.5. The van der Waals surface area contributed by atoms with E-state index in [4.69, 9.17) is 17.4 Å². The summed E-state index contributed by atoms with van der Waals surface area (Å²) in [5.74, 6) is 5.57. The summed E-state index contributed by atoms with van der Waals surface area (Å²) in [5, 5.41) is 0.735. The quantitative estimate of drug-likeness (QED) is 0.645. The van der Waals surface area contributed by atoms with Gasteiger partial charge in [0.15, 0.2) is 0 Å². The Morgan fingerprint density at radius 3 is 2.76 bits per heavy atom. The molecule has 1 aromatic heterocycles. The fourth-order valence-electron chi connectivity index (χ4n) is 1.73. The van der Waals surface area contributed by atoms with Crippen LogP contribution in [0.15, 0.2) is 48.7 Å². The van der Waals surface area contributed by atoms with Gasteiger partial charge in [-0.05, 0) is 36.2 Å². The second-order valence-electron chi connectivity index (χ2n) is 3.81. The molecule has 0 aliphatic carbocycles. The fraction of sp³-hybridized carbons (Fsp3) is 0.154. The van der Waals surface area contributed by atoms with E-state index < -0.39 is 0 Å². The number of aromatic nitrogens is 1. The fourth-order valence-corrected chi connectivity index (χ4v) is 1.94. The van der Waals surface area contributed by atoms with Gasteiger partial charge in [0.2, 0.25) is 0 Å². The molecule has 2 aromatic rings. The third-order valence-corrected chi connectivity index (χ3v) is 2.81. The minimum absolute atomic E-state index is 0.00494. The van der Waals surface area contributed by atoms with Crippen LogP contribution in [0.4, 0.5) is 0 Å². The van der Waals surface area contributed by atoms with Crippen molar-refractivity contribution in [3.63, 3.8) is 0 Å². The molecule has 88 valence electrons.